The first kappa shape index (κ1) is 19.1. The van der Waals surface area contributed by atoms with Crippen molar-refractivity contribution in [3.05, 3.63) is 52.1 Å². The number of hydrogen-bond donors (Lipinski definition) is 3. The second-order valence-electron chi connectivity index (χ2n) is 4.87. The van der Waals surface area contributed by atoms with Gasteiger partial charge in [-0.3, -0.25) is 0 Å². The molecular formula is C15H13Cl2F3N4O. The minimum absolute atomic E-state index is 0.106. The van der Waals surface area contributed by atoms with Gasteiger partial charge in [-0.2, -0.15) is 13.2 Å². The molecule has 3 N–H and O–H groups in total. The number of urea groups is 1. The van der Waals surface area contributed by atoms with Crippen molar-refractivity contribution in [2.45, 2.75) is 6.18 Å². The first-order chi connectivity index (χ1) is 11.8. The number of anilines is 2. The van der Waals surface area contributed by atoms with E-state index in [0.717, 1.165) is 6.07 Å². The number of nitrogens with zero attached hydrogens (tertiary/aromatic N) is 1. The number of rotatable bonds is 5. The SMILES string of the molecule is O=C(NCCNc1ncc(C(F)(F)F)cc1Cl)Nc1ccc(Cl)cc1. The maximum absolute atomic E-state index is 12.5. The molecule has 0 spiro atoms. The van der Waals surface area contributed by atoms with Gasteiger partial charge in [0.2, 0.25) is 0 Å². The van der Waals surface area contributed by atoms with E-state index in [1.165, 1.54) is 0 Å². The van der Waals surface area contributed by atoms with Crippen molar-refractivity contribution < 1.29 is 18.0 Å². The fourth-order valence-electron chi connectivity index (χ4n) is 1.79. The summed E-state index contributed by atoms with van der Waals surface area (Å²) in [5.41, 5.74) is -0.356. The highest BCUT2D eigenvalue weighted by molar-refractivity contribution is 6.33. The molecule has 134 valence electrons. The van der Waals surface area contributed by atoms with Crippen molar-refractivity contribution in [2.75, 3.05) is 23.7 Å². The first-order valence-corrected chi connectivity index (χ1v) is 7.78. The molecule has 10 heteroatoms. The highest BCUT2D eigenvalue weighted by Gasteiger charge is 2.31. The third-order valence-electron chi connectivity index (χ3n) is 2.97. The van der Waals surface area contributed by atoms with Crippen LogP contribution in [0.2, 0.25) is 10.0 Å². The van der Waals surface area contributed by atoms with Gasteiger partial charge in [0, 0.05) is 30.0 Å². The molecule has 2 rings (SSSR count). The van der Waals surface area contributed by atoms with E-state index in [9.17, 15) is 18.0 Å². The number of aromatic nitrogens is 1. The molecule has 0 aliphatic rings. The minimum atomic E-state index is -4.50. The van der Waals surface area contributed by atoms with E-state index in [-0.39, 0.29) is 23.9 Å². The van der Waals surface area contributed by atoms with Gasteiger partial charge in [-0.15, -0.1) is 0 Å². The standard InChI is InChI=1S/C15H13Cl2F3N4O/c16-10-1-3-11(4-2-10)24-14(25)22-6-5-21-13-12(17)7-9(8-23-13)15(18,19)20/h1-4,7-8H,5-6H2,(H,21,23)(H2,22,24,25). The maximum Gasteiger partial charge on any atom is 0.417 e. The Kier molecular flexibility index (Phi) is 6.33. The lowest BCUT2D eigenvalue weighted by atomic mass is 10.3. The van der Waals surface area contributed by atoms with Crippen LogP contribution in [0.5, 0.6) is 0 Å². The molecule has 0 saturated heterocycles. The summed E-state index contributed by atoms with van der Waals surface area (Å²) < 4.78 is 37.5. The molecule has 0 atom stereocenters. The zero-order valence-corrected chi connectivity index (χ0v) is 14.1. The van der Waals surface area contributed by atoms with Crippen molar-refractivity contribution in [1.82, 2.24) is 10.3 Å². The van der Waals surface area contributed by atoms with E-state index in [1.807, 2.05) is 0 Å². The van der Waals surface area contributed by atoms with Gasteiger partial charge in [0.05, 0.1) is 10.6 Å². The van der Waals surface area contributed by atoms with E-state index < -0.39 is 17.8 Å². The summed E-state index contributed by atoms with van der Waals surface area (Å²) in [6.45, 7) is 0.435. The van der Waals surface area contributed by atoms with E-state index in [4.69, 9.17) is 23.2 Å². The van der Waals surface area contributed by atoms with Crippen LogP contribution in [0.3, 0.4) is 0 Å². The number of pyridine rings is 1. The second kappa shape index (κ2) is 8.26. The summed E-state index contributed by atoms with van der Waals surface area (Å²) in [5.74, 6) is 0.106. The lowest BCUT2D eigenvalue weighted by molar-refractivity contribution is -0.137. The highest BCUT2D eigenvalue weighted by Crippen LogP contribution is 2.32. The van der Waals surface area contributed by atoms with E-state index in [2.05, 4.69) is 20.9 Å². The van der Waals surface area contributed by atoms with Crippen LogP contribution in [0.25, 0.3) is 0 Å². The van der Waals surface area contributed by atoms with Crippen molar-refractivity contribution in [2.24, 2.45) is 0 Å². The molecule has 0 unspecified atom stereocenters. The normalized spacial score (nSPS) is 11.1. The average molecular weight is 393 g/mol. The van der Waals surface area contributed by atoms with Crippen LogP contribution in [-0.4, -0.2) is 24.1 Å². The quantitative estimate of drug-likeness (QED) is 0.649. The van der Waals surface area contributed by atoms with Gasteiger partial charge < -0.3 is 16.0 Å². The van der Waals surface area contributed by atoms with Crippen LogP contribution in [0.1, 0.15) is 5.56 Å². The zero-order valence-electron chi connectivity index (χ0n) is 12.6. The number of carbonyl (C=O) groups excluding carboxylic acids is 1. The monoisotopic (exact) mass is 392 g/mol. The predicted molar refractivity (Wildman–Crippen MR) is 91.2 cm³/mol. The molecule has 0 saturated carbocycles. The van der Waals surface area contributed by atoms with Crippen molar-refractivity contribution in [3.8, 4) is 0 Å². The molecular weight excluding hydrogens is 380 g/mol. The van der Waals surface area contributed by atoms with Crippen molar-refractivity contribution in [1.29, 1.82) is 0 Å². The summed E-state index contributed by atoms with van der Waals surface area (Å²) in [6, 6.07) is 6.92. The van der Waals surface area contributed by atoms with Crippen LogP contribution >= 0.6 is 23.2 Å². The highest BCUT2D eigenvalue weighted by atomic mass is 35.5. The summed E-state index contributed by atoms with van der Waals surface area (Å²) in [6.07, 6.45) is -3.81. The molecule has 0 bridgehead atoms. The molecule has 0 aliphatic heterocycles. The lowest BCUT2D eigenvalue weighted by Crippen LogP contribution is -2.32. The molecule has 1 aromatic heterocycles. The Hall–Kier alpha value is -2.19. The van der Waals surface area contributed by atoms with Crippen molar-refractivity contribution in [3.63, 3.8) is 0 Å². The Balaban J connectivity index is 1.77. The number of benzene rings is 1. The molecule has 1 aromatic carbocycles. The third kappa shape index (κ3) is 5.99. The Morgan fingerprint density at radius 3 is 2.40 bits per heavy atom. The minimum Gasteiger partial charge on any atom is -0.367 e. The summed E-state index contributed by atoms with van der Waals surface area (Å²) in [5, 5.41) is 8.32. The van der Waals surface area contributed by atoms with E-state index >= 15 is 0 Å². The molecule has 2 amide bonds. The van der Waals surface area contributed by atoms with Gasteiger partial charge in [-0.1, -0.05) is 23.2 Å². The fraction of sp³-hybridized carbons (Fsp3) is 0.200. The Morgan fingerprint density at radius 1 is 1.12 bits per heavy atom. The largest absolute Gasteiger partial charge is 0.417 e. The number of hydrogen-bond acceptors (Lipinski definition) is 3. The molecule has 0 aliphatic carbocycles. The van der Waals surface area contributed by atoms with Gasteiger partial charge in [-0.25, -0.2) is 9.78 Å². The molecule has 2 aromatic rings. The first-order valence-electron chi connectivity index (χ1n) is 7.03. The summed E-state index contributed by atoms with van der Waals surface area (Å²) in [7, 11) is 0. The third-order valence-corrected chi connectivity index (χ3v) is 3.51. The Bertz CT molecular complexity index is 739. The van der Waals surface area contributed by atoms with Crippen LogP contribution < -0.4 is 16.0 Å². The van der Waals surface area contributed by atoms with Gasteiger partial charge in [0.1, 0.15) is 5.82 Å². The van der Waals surface area contributed by atoms with Crippen LogP contribution in [0, 0.1) is 0 Å². The van der Waals surface area contributed by atoms with E-state index in [1.54, 1.807) is 24.3 Å². The number of amides is 2. The fourth-order valence-corrected chi connectivity index (χ4v) is 2.15. The Morgan fingerprint density at radius 2 is 1.80 bits per heavy atom. The number of carbonyl (C=O) groups is 1. The van der Waals surface area contributed by atoms with Gasteiger partial charge >= 0.3 is 12.2 Å². The number of alkyl halides is 3. The number of nitrogens with one attached hydrogen (secondary N) is 3. The lowest BCUT2D eigenvalue weighted by Gasteiger charge is -2.11. The van der Waals surface area contributed by atoms with E-state index in [0.29, 0.717) is 16.9 Å². The summed E-state index contributed by atoms with van der Waals surface area (Å²) >= 11 is 11.5. The molecule has 25 heavy (non-hydrogen) atoms. The summed E-state index contributed by atoms with van der Waals surface area (Å²) in [4.78, 5) is 15.3. The molecule has 5 nitrogen and oxygen atoms in total. The maximum atomic E-state index is 12.5. The molecule has 0 fully saturated rings. The zero-order chi connectivity index (χ0) is 18.4. The average Bonchev–Trinajstić information content (AvgIpc) is 2.54. The van der Waals surface area contributed by atoms with Crippen LogP contribution in [0.15, 0.2) is 36.5 Å². The Labute approximate surface area is 151 Å². The van der Waals surface area contributed by atoms with Crippen LogP contribution in [-0.2, 0) is 6.18 Å². The van der Waals surface area contributed by atoms with Crippen LogP contribution in [0.4, 0.5) is 29.5 Å². The molecule has 1 heterocycles. The number of halogens is 5. The topological polar surface area (TPSA) is 66.0 Å². The second-order valence-corrected chi connectivity index (χ2v) is 5.71. The van der Waals surface area contributed by atoms with Gasteiger partial charge in [0.15, 0.2) is 0 Å². The molecule has 0 radical (unpaired) electrons. The van der Waals surface area contributed by atoms with Gasteiger partial charge in [0.25, 0.3) is 0 Å². The predicted octanol–water partition coefficient (Wildman–Crippen LogP) is 4.64. The van der Waals surface area contributed by atoms with Crippen molar-refractivity contribution >= 4 is 40.7 Å². The smallest absolute Gasteiger partial charge is 0.367 e. The van der Waals surface area contributed by atoms with Gasteiger partial charge in [-0.05, 0) is 30.3 Å².